The molecule has 0 aliphatic carbocycles. The third-order valence-electron chi connectivity index (χ3n) is 5.70. The first-order chi connectivity index (χ1) is 15.1. The lowest BCUT2D eigenvalue weighted by Crippen LogP contribution is -2.48. The quantitative estimate of drug-likeness (QED) is 0.662. The maximum Gasteiger partial charge on any atom is 0.338 e. The average Bonchev–Trinajstić information content (AvgIpc) is 3.46. The fourth-order valence-corrected chi connectivity index (χ4v) is 4.28. The predicted octanol–water partition coefficient (Wildman–Crippen LogP) is 3.30. The van der Waals surface area contributed by atoms with Gasteiger partial charge in [-0.15, -0.1) is 0 Å². The number of likely N-dealkylation sites (tertiary alicyclic amines) is 1. The van der Waals surface area contributed by atoms with Gasteiger partial charge in [0.15, 0.2) is 0 Å². The van der Waals surface area contributed by atoms with Crippen molar-refractivity contribution >= 4 is 12.0 Å². The van der Waals surface area contributed by atoms with Gasteiger partial charge in [-0.2, -0.15) is 0 Å². The van der Waals surface area contributed by atoms with Crippen molar-refractivity contribution in [3.8, 4) is 5.75 Å². The molecule has 1 fully saturated rings. The number of furan rings is 1. The summed E-state index contributed by atoms with van der Waals surface area (Å²) in [6, 6.07) is 10.6. The molecule has 2 aliphatic heterocycles. The summed E-state index contributed by atoms with van der Waals surface area (Å²) in [4.78, 5) is 27.6. The van der Waals surface area contributed by atoms with E-state index in [9.17, 15) is 9.59 Å². The average molecular weight is 425 g/mol. The van der Waals surface area contributed by atoms with Gasteiger partial charge < -0.3 is 24.5 Å². The molecule has 0 bridgehead atoms. The molecule has 0 unspecified atom stereocenters. The van der Waals surface area contributed by atoms with E-state index in [1.807, 2.05) is 12.1 Å². The molecule has 2 atom stereocenters. The van der Waals surface area contributed by atoms with Crippen LogP contribution in [-0.4, -0.2) is 43.7 Å². The van der Waals surface area contributed by atoms with E-state index in [1.165, 1.54) is 11.8 Å². The van der Waals surface area contributed by atoms with E-state index in [1.54, 1.807) is 26.2 Å². The molecule has 31 heavy (non-hydrogen) atoms. The highest BCUT2D eigenvalue weighted by Crippen LogP contribution is 2.35. The summed E-state index contributed by atoms with van der Waals surface area (Å²) >= 11 is 0. The van der Waals surface area contributed by atoms with Crippen molar-refractivity contribution in [2.75, 3.05) is 26.8 Å². The Balaban J connectivity index is 1.65. The van der Waals surface area contributed by atoms with Gasteiger partial charge >= 0.3 is 12.0 Å². The maximum atomic E-state index is 12.9. The minimum Gasteiger partial charge on any atom is -0.497 e. The first-order valence-corrected chi connectivity index (χ1v) is 10.5. The molecule has 2 N–H and O–H groups in total. The first kappa shape index (κ1) is 21.0. The summed E-state index contributed by atoms with van der Waals surface area (Å²) in [5.41, 5.74) is 2.10. The number of rotatable bonds is 7. The summed E-state index contributed by atoms with van der Waals surface area (Å²) < 4.78 is 16.1. The molecule has 2 aromatic rings. The molecule has 0 radical (unpaired) electrons. The van der Waals surface area contributed by atoms with Gasteiger partial charge in [-0.3, -0.25) is 4.90 Å². The number of nitrogens with one attached hydrogen (secondary N) is 2. The smallest absolute Gasteiger partial charge is 0.338 e. The highest BCUT2D eigenvalue weighted by molar-refractivity contribution is 5.95. The second-order valence-electron chi connectivity index (χ2n) is 7.56. The van der Waals surface area contributed by atoms with Gasteiger partial charge in [-0.05, 0) is 56.1 Å². The number of amides is 2. The maximum absolute atomic E-state index is 12.9. The Morgan fingerprint density at radius 2 is 2.06 bits per heavy atom. The molecule has 164 valence electrons. The van der Waals surface area contributed by atoms with Crippen molar-refractivity contribution in [2.45, 2.75) is 31.8 Å². The highest BCUT2D eigenvalue weighted by Gasteiger charge is 2.37. The summed E-state index contributed by atoms with van der Waals surface area (Å²) in [5.74, 6) is 0.836. The number of carbonyl (C=O) groups is 2. The van der Waals surface area contributed by atoms with Crippen LogP contribution in [0.3, 0.4) is 0 Å². The van der Waals surface area contributed by atoms with Crippen LogP contribution in [0.15, 0.2) is 58.3 Å². The number of ether oxygens (including phenoxy) is 2. The van der Waals surface area contributed by atoms with Gasteiger partial charge in [-0.1, -0.05) is 12.1 Å². The normalized spacial score (nSPS) is 21.5. The molecule has 1 aromatic heterocycles. The van der Waals surface area contributed by atoms with Gasteiger partial charge in [0.05, 0.1) is 25.6 Å². The fourth-order valence-electron chi connectivity index (χ4n) is 4.28. The molecule has 1 aromatic carbocycles. The van der Waals surface area contributed by atoms with Crippen LogP contribution in [0.25, 0.3) is 0 Å². The lowest BCUT2D eigenvalue weighted by atomic mass is 9.99. The summed E-state index contributed by atoms with van der Waals surface area (Å²) in [7, 11) is 1.65. The number of benzene rings is 1. The van der Waals surface area contributed by atoms with E-state index in [0.29, 0.717) is 23.6 Å². The molecule has 2 amide bonds. The fraction of sp³-hybridized carbons (Fsp3) is 0.391. The van der Waals surface area contributed by atoms with E-state index in [2.05, 4.69) is 27.7 Å². The van der Waals surface area contributed by atoms with Crippen LogP contribution in [-0.2, 0) is 9.53 Å². The molecule has 1 saturated heterocycles. The summed E-state index contributed by atoms with van der Waals surface area (Å²) in [6.45, 7) is 3.29. The van der Waals surface area contributed by atoms with Crippen molar-refractivity contribution in [3.05, 3.63) is 65.3 Å². The molecule has 0 spiro atoms. The highest BCUT2D eigenvalue weighted by atomic mass is 16.5. The van der Waals surface area contributed by atoms with E-state index >= 15 is 0 Å². The van der Waals surface area contributed by atoms with E-state index in [0.717, 1.165) is 25.1 Å². The van der Waals surface area contributed by atoms with Crippen LogP contribution in [0.1, 0.15) is 43.2 Å². The third kappa shape index (κ3) is 4.44. The van der Waals surface area contributed by atoms with E-state index in [-0.39, 0.29) is 18.7 Å². The summed E-state index contributed by atoms with van der Waals surface area (Å²) in [6.07, 6.45) is 3.56. The lowest BCUT2D eigenvalue weighted by Gasteiger charge is -2.32. The van der Waals surface area contributed by atoms with Gasteiger partial charge in [-0.25, -0.2) is 9.59 Å². The number of urea groups is 1. The number of hydrogen-bond donors (Lipinski definition) is 2. The Kier molecular flexibility index (Phi) is 6.27. The Morgan fingerprint density at radius 3 is 2.74 bits per heavy atom. The predicted molar refractivity (Wildman–Crippen MR) is 113 cm³/mol. The zero-order valence-corrected chi connectivity index (χ0v) is 17.7. The van der Waals surface area contributed by atoms with Crippen LogP contribution in [0.2, 0.25) is 0 Å². The van der Waals surface area contributed by atoms with Gasteiger partial charge in [0.2, 0.25) is 0 Å². The van der Waals surface area contributed by atoms with Crippen molar-refractivity contribution in [1.29, 1.82) is 0 Å². The zero-order valence-electron chi connectivity index (χ0n) is 17.7. The monoisotopic (exact) mass is 425 g/mol. The first-order valence-electron chi connectivity index (χ1n) is 10.5. The second-order valence-corrected chi connectivity index (χ2v) is 7.56. The molecule has 4 rings (SSSR count). The van der Waals surface area contributed by atoms with Gasteiger partial charge in [0.25, 0.3) is 0 Å². The topological polar surface area (TPSA) is 93.0 Å². The summed E-state index contributed by atoms with van der Waals surface area (Å²) in [5, 5.41) is 5.62. The number of methoxy groups -OCH3 is 1. The molecule has 0 saturated carbocycles. The number of esters is 1. The standard InChI is InChI=1S/C23H27N3O5/c1-3-30-22(27)20-17(24-23(28)25-21(20)19-7-5-13-31-19)14-26-12-4-6-18(26)15-8-10-16(29-2)11-9-15/h5,7-11,13,18,21H,3-4,6,12,14H2,1-2H3,(H2,24,25,28)/t18-,21-/m1/s1. The molecule has 8 nitrogen and oxygen atoms in total. The van der Waals surface area contributed by atoms with Gasteiger partial charge in [0, 0.05) is 18.3 Å². The second kappa shape index (κ2) is 9.26. The van der Waals surface area contributed by atoms with Gasteiger partial charge in [0.1, 0.15) is 17.6 Å². The van der Waals surface area contributed by atoms with Crippen LogP contribution in [0.4, 0.5) is 4.79 Å². The number of hydrogen-bond acceptors (Lipinski definition) is 6. The van der Waals surface area contributed by atoms with Crippen LogP contribution >= 0.6 is 0 Å². The lowest BCUT2D eigenvalue weighted by molar-refractivity contribution is -0.139. The molecular weight excluding hydrogens is 398 g/mol. The minimum atomic E-state index is -0.695. The Morgan fingerprint density at radius 1 is 1.26 bits per heavy atom. The zero-order chi connectivity index (χ0) is 21.8. The van der Waals surface area contributed by atoms with E-state index < -0.39 is 12.0 Å². The van der Waals surface area contributed by atoms with Crippen molar-refractivity contribution < 1.29 is 23.5 Å². The molecule has 8 heteroatoms. The molecule has 3 heterocycles. The Labute approximate surface area is 181 Å². The van der Waals surface area contributed by atoms with Crippen molar-refractivity contribution in [2.24, 2.45) is 0 Å². The Hall–Kier alpha value is -3.26. The third-order valence-corrected chi connectivity index (χ3v) is 5.70. The number of nitrogens with zero attached hydrogens (tertiary/aromatic N) is 1. The van der Waals surface area contributed by atoms with E-state index in [4.69, 9.17) is 13.9 Å². The minimum absolute atomic E-state index is 0.190. The van der Waals surface area contributed by atoms with Crippen molar-refractivity contribution in [3.63, 3.8) is 0 Å². The Bertz CT molecular complexity index is 952. The molecular formula is C23H27N3O5. The molecule has 2 aliphatic rings. The van der Waals surface area contributed by atoms with Crippen LogP contribution in [0.5, 0.6) is 5.75 Å². The number of carbonyl (C=O) groups excluding carboxylic acids is 2. The van der Waals surface area contributed by atoms with Crippen LogP contribution in [0, 0.1) is 0 Å². The van der Waals surface area contributed by atoms with Crippen molar-refractivity contribution in [1.82, 2.24) is 15.5 Å². The largest absolute Gasteiger partial charge is 0.497 e. The van der Waals surface area contributed by atoms with Crippen LogP contribution < -0.4 is 15.4 Å². The SMILES string of the molecule is CCOC(=O)C1=C(CN2CCC[C@@H]2c2ccc(OC)cc2)NC(=O)N[C@@H]1c1ccco1.